The van der Waals surface area contributed by atoms with Crippen LogP contribution in [0.5, 0.6) is 0 Å². The fourth-order valence-electron chi connectivity index (χ4n) is 2.43. The average molecular weight is 245 g/mol. The maximum atomic E-state index is 12.2. The number of rotatable bonds is 6. The molecular weight excluding hydrogens is 222 g/mol. The molecule has 1 aliphatic carbocycles. The average Bonchev–Trinajstić information content (AvgIpc) is 2.86. The molecule has 0 aromatic carbocycles. The summed E-state index contributed by atoms with van der Waals surface area (Å²) in [5.74, 6) is -0.158. The molecule has 0 unspecified atom stereocenters. The molecule has 0 atom stereocenters. The van der Waals surface area contributed by atoms with Crippen LogP contribution in [0, 0.1) is 5.41 Å². The highest BCUT2D eigenvalue weighted by atomic mass is 16.3. The standard InChI is InChI=1S/C12H23NO4/c1-2-11(5-3-4-6-11)10(17)13-12(7-14,8-15)9-16/h14-16H,2-9H2,1H3,(H,13,17). The molecule has 0 aliphatic heterocycles. The highest BCUT2D eigenvalue weighted by Crippen LogP contribution is 2.41. The summed E-state index contributed by atoms with van der Waals surface area (Å²) in [6.45, 7) is 0.575. The number of hydrogen-bond donors (Lipinski definition) is 4. The Balaban J connectivity index is 2.75. The first-order chi connectivity index (χ1) is 8.08. The molecule has 0 heterocycles. The summed E-state index contributed by atoms with van der Waals surface area (Å²) in [6, 6.07) is 0. The molecule has 1 aliphatic rings. The number of aliphatic hydroxyl groups is 3. The van der Waals surface area contributed by atoms with Crippen molar-refractivity contribution < 1.29 is 20.1 Å². The van der Waals surface area contributed by atoms with Crippen LogP contribution in [0.15, 0.2) is 0 Å². The minimum absolute atomic E-state index is 0.158. The van der Waals surface area contributed by atoms with E-state index in [0.29, 0.717) is 0 Å². The van der Waals surface area contributed by atoms with Crippen LogP contribution in [0.25, 0.3) is 0 Å². The fraction of sp³-hybridized carbons (Fsp3) is 0.917. The van der Waals surface area contributed by atoms with Crippen molar-refractivity contribution in [3.8, 4) is 0 Å². The molecule has 1 amide bonds. The van der Waals surface area contributed by atoms with Gasteiger partial charge in [-0.1, -0.05) is 19.8 Å². The van der Waals surface area contributed by atoms with Crippen LogP contribution in [0.4, 0.5) is 0 Å². The van der Waals surface area contributed by atoms with E-state index in [4.69, 9.17) is 0 Å². The summed E-state index contributed by atoms with van der Waals surface area (Å²) < 4.78 is 0. The van der Waals surface area contributed by atoms with Gasteiger partial charge in [-0.25, -0.2) is 0 Å². The molecule has 1 rings (SSSR count). The van der Waals surface area contributed by atoms with Crippen molar-refractivity contribution >= 4 is 5.91 Å². The first-order valence-corrected chi connectivity index (χ1v) is 6.23. The van der Waals surface area contributed by atoms with Crippen molar-refractivity contribution in [2.45, 2.75) is 44.6 Å². The largest absolute Gasteiger partial charge is 0.394 e. The van der Waals surface area contributed by atoms with Crippen molar-refractivity contribution in [3.05, 3.63) is 0 Å². The number of carbonyl (C=O) groups is 1. The van der Waals surface area contributed by atoms with E-state index in [0.717, 1.165) is 32.1 Å². The molecule has 1 saturated carbocycles. The predicted molar refractivity (Wildman–Crippen MR) is 63.3 cm³/mol. The van der Waals surface area contributed by atoms with Crippen molar-refractivity contribution in [2.75, 3.05) is 19.8 Å². The van der Waals surface area contributed by atoms with Gasteiger partial charge < -0.3 is 20.6 Å². The van der Waals surface area contributed by atoms with Crippen LogP contribution in [-0.2, 0) is 4.79 Å². The topological polar surface area (TPSA) is 89.8 Å². The predicted octanol–water partition coefficient (Wildman–Crippen LogP) is -0.211. The van der Waals surface area contributed by atoms with Crippen LogP contribution in [0.3, 0.4) is 0 Å². The van der Waals surface area contributed by atoms with E-state index in [1.807, 2.05) is 6.92 Å². The molecule has 1 fully saturated rings. The Kier molecular flexibility index (Phi) is 4.91. The summed E-state index contributed by atoms with van der Waals surface area (Å²) in [4.78, 5) is 12.2. The molecule has 5 nitrogen and oxygen atoms in total. The Bertz CT molecular complexity index is 249. The van der Waals surface area contributed by atoms with E-state index in [2.05, 4.69) is 5.32 Å². The molecule has 0 spiro atoms. The van der Waals surface area contributed by atoms with Gasteiger partial charge in [-0.05, 0) is 19.3 Å². The van der Waals surface area contributed by atoms with Crippen molar-refractivity contribution in [1.29, 1.82) is 0 Å². The van der Waals surface area contributed by atoms with E-state index < -0.39 is 25.4 Å². The fourth-order valence-corrected chi connectivity index (χ4v) is 2.43. The molecule has 0 saturated heterocycles. The molecule has 100 valence electrons. The minimum Gasteiger partial charge on any atom is -0.394 e. The highest BCUT2D eigenvalue weighted by Gasteiger charge is 2.42. The first kappa shape index (κ1) is 14.4. The van der Waals surface area contributed by atoms with Gasteiger partial charge >= 0.3 is 0 Å². The maximum Gasteiger partial charge on any atom is 0.226 e. The normalized spacial score (nSPS) is 19.3. The monoisotopic (exact) mass is 245 g/mol. The van der Waals surface area contributed by atoms with Crippen LogP contribution in [0.2, 0.25) is 0 Å². The summed E-state index contributed by atoms with van der Waals surface area (Å²) in [5.41, 5.74) is -1.69. The van der Waals surface area contributed by atoms with Gasteiger partial charge in [-0.2, -0.15) is 0 Å². The molecule has 0 aromatic rings. The summed E-state index contributed by atoms with van der Waals surface area (Å²) in [6.07, 6.45) is 4.50. The number of hydrogen-bond acceptors (Lipinski definition) is 4. The van der Waals surface area contributed by atoms with E-state index >= 15 is 0 Å². The Hall–Kier alpha value is -0.650. The lowest BCUT2D eigenvalue weighted by molar-refractivity contribution is -0.135. The number of nitrogens with one attached hydrogen (secondary N) is 1. The Labute approximate surface area is 102 Å². The Morgan fingerprint density at radius 1 is 1.18 bits per heavy atom. The second kappa shape index (κ2) is 5.80. The van der Waals surface area contributed by atoms with Crippen LogP contribution < -0.4 is 5.32 Å². The molecule has 5 heteroatoms. The van der Waals surface area contributed by atoms with Gasteiger partial charge in [-0.15, -0.1) is 0 Å². The Morgan fingerprint density at radius 2 is 1.65 bits per heavy atom. The van der Waals surface area contributed by atoms with Crippen molar-refractivity contribution in [1.82, 2.24) is 5.32 Å². The lowest BCUT2D eigenvalue weighted by Crippen LogP contribution is -2.59. The third-order valence-electron chi connectivity index (χ3n) is 4.01. The first-order valence-electron chi connectivity index (χ1n) is 6.23. The lowest BCUT2D eigenvalue weighted by Gasteiger charge is -2.34. The molecule has 17 heavy (non-hydrogen) atoms. The van der Waals surface area contributed by atoms with Crippen molar-refractivity contribution in [2.24, 2.45) is 5.41 Å². The molecular formula is C12H23NO4. The van der Waals surface area contributed by atoms with Gasteiger partial charge in [0.15, 0.2) is 0 Å². The van der Waals surface area contributed by atoms with Crippen LogP contribution >= 0.6 is 0 Å². The number of carbonyl (C=O) groups excluding carboxylic acids is 1. The lowest BCUT2D eigenvalue weighted by atomic mass is 9.81. The highest BCUT2D eigenvalue weighted by molar-refractivity contribution is 5.83. The second-order valence-corrected chi connectivity index (χ2v) is 5.05. The van der Waals surface area contributed by atoms with Gasteiger partial charge in [0.25, 0.3) is 0 Å². The third-order valence-corrected chi connectivity index (χ3v) is 4.01. The van der Waals surface area contributed by atoms with Gasteiger partial charge in [-0.3, -0.25) is 4.79 Å². The van der Waals surface area contributed by atoms with Crippen LogP contribution in [0.1, 0.15) is 39.0 Å². The van der Waals surface area contributed by atoms with Gasteiger partial charge in [0.1, 0.15) is 5.54 Å². The van der Waals surface area contributed by atoms with E-state index in [1.54, 1.807) is 0 Å². The zero-order valence-corrected chi connectivity index (χ0v) is 10.4. The van der Waals surface area contributed by atoms with Crippen molar-refractivity contribution in [3.63, 3.8) is 0 Å². The summed E-state index contributed by atoms with van der Waals surface area (Å²) >= 11 is 0. The smallest absolute Gasteiger partial charge is 0.226 e. The number of amides is 1. The summed E-state index contributed by atoms with van der Waals surface area (Å²) in [7, 11) is 0. The number of aliphatic hydroxyl groups excluding tert-OH is 3. The zero-order chi connectivity index (χ0) is 12.9. The molecule has 0 bridgehead atoms. The van der Waals surface area contributed by atoms with Crippen LogP contribution in [-0.4, -0.2) is 46.6 Å². The second-order valence-electron chi connectivity index (χ2n) is 5.05. The third kappa shape index (κ3) is 2.78. The van der Waals surface area contributed by atoms with Gasteiger partial charge in [0.2, 0.25) is 5.91 Å². The molecule has 4 N–H and O–H groups in total. The molecule has 0 radical (unpaired) electrons. The maximum absolute atomic E-state index is 12.2. The van der Waals surface area contributed by atoms with E-state index in [9.17, 15) is 20.1 Å². The zero-order valence-electron chi connectivity index (χ0n) is 10.4. The quantitative estimate of drug-likeness (QED) is 0.521. The summed E-state index contributed by atoms with van der Waals surface area (Å²) in [5, 5.41) is 30.2. The SMILES string of the molecule is CCC1(C(=O)NC(CO)(CO)CO)CCCC1. The Morgan fingerprint density at radius 3 is 2.00 bits per heavy atom. The van der Waals surface area contributed by atoms with Gasteiger partial charge in [0, 0.05) is 5.41 Å². The minimum atomic E-state index is -1.30. The van der Waals surface area contributed by atoms with E-state index in [-0.39, 0.29) is 11.3 Å². The van der Waals surface area contributed by atoms with Gasteiger partial charge in [0.05, 0.1) is 19.8 Å². The molecule has 0 aromatic heterocycles. The van der Waals surface area contributed by atoms with E-state index in [1.165, 1.54) is 0 Å².